The Morgan fingerprint density at radius 3 is 2.70 bits per heavy atom. The van der Waals surface area contributed by atoms with Crippen LogP contribution >= 0.6 is 23.1 Å². The molecule has 33 heavy (non-hydrogen) atoms. The van der Waals surface area contributed by atoms with Crippen LogP contribution in [0.2, 0.25) is 0 Å². The second kappa shape index (κ2) is 9.59. The highest BCUT2D eigenvalue weighted by atomic mass is 32.2. The van der Waals surface area contributed by atoms with Gasteiger partial charge < -0.3 is 14.8 Å². The summed E-state index contributed by atoms with van der Waals surface area (Å²) in [5.41, 5.74) is 5.19. The smallest absolute Gasteiger partial charge is 0.318 e. The predicted octanol–water partition coefficient (Wildman–Crippen LogP) is 6.80. The van der Waals surface area contributed by atoms with Crippen molar-refractivity contribution < 1.29 is 4.79 Å². The lowest BCUT2D eigenvalue weighted by Gasteiger charge is -2.31. The van der Waals surface area contributed by atoms with Gasteiger partial charge in [-0.1, -0.05) is 26.0 Å². The van der Waals surface area contributed by atoms with Crippen molar-refractivity contribution in [3.05, 3.63) is 69.9 Å². The highest BCUT2D eigenvalue weighted by Gasteiger charge is 2.35. The van der Waals surface area contributed by atoms with Gasteiger partial charge in [-0.3, -0.25) is 0 Å². The minimum absolute atomic E-state index is 0.0333. The predicted molar refractivity (Wildman–Crippen MR) is 139 cm³/mol. The first-order chi connectivity index (χ1) is 16.1. The van der Waals surface area contributed by atoms with Gasteiger partial charge in [-0.15, -0.1) is 23.1 Å². The van der Waals surface area contributed by atoms with Gasteiger partial charge in [0.2, 0.25) is 0 Å². The lowest BCUT2D eigenvalue weighted by atomic mass is 9.95. The molecule has 4 nitrogen and oxygen atoms in total. The van der Waals surface area contributed by atoms with E-state index in [-0.39, 0.29) is 12.1 Å². The van der Waals surface area contributed by atoms with Crippen molar-refractivity contribution in [2.45, 2.75) is 63.4 Å². The molecule has 1 aromatic carbocycles. The van der Waals surface area contributed by atoms with Gasteiger partial charge in [0.1, 0.15) is 5.00 Å². The lowest BCUT2D eigenvalue weighted by Crippen LogP contribution is -2.42. The third-order valence-electron chi connectivity index (χ3n) is 6.87. The fourth-order valence-electron chi connectivity index (χ4n) is 5.09. The van der Waals surface area contributed by atoms with Gasteiger partial charge in [0.25, 0.3) is 0 Å². The first-order valence-electron chi connectivity index (χ1n) is 12.1. The van der Waals surface area contributed by atoms with Crippen molar-refractivity contribution >= 4 is 29.1 Å². The number of hydrogen-bond donors (Lipinski definition) is 1. The Labute approximate surface area is 205 Å². The van der Waals surface area contributed by atoms with Crippen molar-refractivity contribution in [2.75, 3.05) is 12.8 Å². The number of urea groups is 1. The molecule has 0 bridgehead atoms. The molecule has 2 aromatic heterocycles. The normalized spacial score (nSPS) is 17.3. The molecular weight excluding hydrogens is 446 g/mol. The number of thioether (sulfide) groups is 1. The molecule has 0 saturated carbocycles. The third-order valence-corrected chi connectivity index (χ3v) is 8.95. The van der Waals surface area contributed by atoms with Crippen LogP contribution in [0.25, 0.3) is 5.00 Å². The molecule has 2 amide bonds. The molecule has 3 aromatic rings. The number of aromatic nitrogens is 1. The van der Waals surface area contributed by atoms with Crippen LogP contribution in [0.1, 0.15) is 66.4 Å². The number of fused-ring (bicyclic) bond motifs is 5. The summed E-state index contributed by atoms with van der Waals surface area (Å²) in [5, 5.41) is 4.55. The summed E-state index contributed by atoms with van der Waals surface area (Å²) in [6.07, 6.45) is 10.1. The van der Waals surface area contributed by atoms with Gasteiger partial charge in [-0.2, -0.15) is 0 Å². The minimum Gasteiger partial charge on any atom is -0.338 e. The molecule has 0 saturated heterocycles. The maximum Gasteiger partial charge on any atom is 0.318 e. The maximum absolute atomic E-state index is 13.7. The quantitative estimate of drug-likeness (QED) is 0.409. The molecule has 1 N–H and O–H groups in total. The monoisotopic (exact) mass is 479 g/mol. The molecule has 1 unspecified atom stereocenters. The van der Waals surface area contributed by atoms with Crippen molar-refractivity contribution in [1.82, 2.24) is 14.8 Å². The van der Waals surface area contributed by atoms with E-state index in [0.29, 0.717) is 19.0 Å². The number of thiophene rings is 1. The van der Waals surface area contributed by atoms with Gasteiger partial charge in [0, 0.05) is 28.1 Å². The zero-order valence-electron chi connectivity index (χ0n) is 19.8. The molecule has 0 radical (unpaired) electrons. The highest BCUT2D eigenvalue weighted by Crippen LogP contribution is 2.44. The number of amides is 2. The number of nitrogens with zero attached hydrogens (tertiary/aromatic N) is 2. The average Bonchev–Trinajstić information content (AvgIpc) is 3.41. The molecular formula is C27H33N3OS2. The number of carbonyl (C=O) groups excluding carboxylic acids is 1. The summed E-state index contributed by atoms with van der Waals surface area (Å²) in [6.45, 7) is 5.77. The maximum atomic E-state index is 13.7. The van der Waals surface area contributed by atoms with Crippen LogP contribution in [0, 0.1) is 5.92 Å². The van der Waals surface area contributed by atoms with Gasteiger partial charge in [0.15, 0.2) is 0 Å². The van der Waals surface area contributed by atoms with E-state index < -0.39 is 0 Å². The van der Waals surface area contributed by atoms with Crippen LogP contribution < -0.4 is 5.32 Å². The summed E-state index contributed by atoms with van der Waals surface area (Å²) in [6, 6.07) is 13.0. The van der Waals surface area contributed by atoms with Crippen molar-refractivity contribution in [3.63, 3.8) is 0 Å². The summed E-state index contributed by atoms with van der Waals surface area (Å²) in [5.74, 6) is 0.567. The second-order valence-corrected chi connectivity index (χ2v) is 11.5. The number of nitrogens with one attached hydrogen (secondary N) is 1. The van der Waals surface area contributed by atoms with Crippen LogP contribution in [0.3, 0.4) is 0 Å². The van der Waals surface area contributed by atoms with E-state index in [1.807, 2.05) is 11.3 Å². The van der Waals surface area contributed by atoms with Gasteiger partial charge in [0.05, 0.1) is 18.3 Å². The number of hydrogen-bond acceptors (Lipinski definition) is 3. The Bertz CT molecular complexity index is 1130. The fourth-order valence-corrected chi connectivity index (χ4v) is 6.91. The largest absolute Gasteiger partial charge is 0.338 e. The fraction of sp³-hybridized carbons (Fsp3) is 0.444. The number of carbonyl (C=O) groups is 1. The van der Waals surface area contributed by atoms with Crippen LogP contribution in [0.4, 0.5) is 4.79 Å². The zero-order chi connectivity index (χ0) is 22.9. The Morgan fingerprint density at radius 2 is 1.94 bits per heavy atom. The molecule has 1 atom stereocenters. The SMILES string of the molecule is CSc1ccc(C2c3cccn3-c3sc4c(c3CN2C(=O)NCCC(C)C)CCCC4)cc1. The van der Waals surface area contributed by atoms with E-state index >= 15 is 0 Å². The van der Waals surface area contributed by atoms with Crippen LogP contribution in [0.15, 0.2) is 47.5 Å². The number of rotatable bonds is 5. The number of aryl methyl sites for hydroxylation is 1. The van der Waals surface area contributed by atoms with E-state index in [1.54, 1.807) is 11.8 Å². The van der Waals surface area contributed by atoms with Crippen molar-refractivity contribution in [1.29, 1.82) is 0 Å². The second-order valence-electron chi connectivity index (χ2n) is 9.52. The molecule has 0 spiro atoms. The van der Waals surface area contributed by atoms with Gasteiger partial charge in [-0.25, -0.2) is 4.79 Å². The molecule has 2 aliphatic rings. The van der Waals surface area contributed by atoms with Crippen LogP contribution in [0.5, 0.6) is 0 Å². The van der Waals surface area contributed by atoms with Gasteiger partial charge in [-0.05, 0) is 79.7 Å². The average molecular weight is 480 g/mol. The first-order valence-corrected chi connectivity index (χ1v) is 14.1. The Morgan fingerprint density at radius 1 is 1.15 bits per heavy atom. The van der Waals surface area contributed by atoms with Crippen molar-refractivity contribution in [3.8, 4) is 5.00 Å². The minimum atomic E-state index is -0.117. The molecule has 3 heterocycles. The lowest BCUT2D eigenvalue weighted by molar-refractivity contribution is 0.180. The Hall–Kier alpha value is -2.18. The summed E-state index contributed by atoms with van der Waals surface area (Å²) >= 11 is 3.69. The molecule has 174 valence electrons. The summed E-state index contributed by atoms with van der Waals surface area (Å²) in [4.78, 5) is 18.5. The van der Waals surface area contributed by atoms with Crippen molar-refractivity contribution in [2.24, 2.45) is 5.92 Å². The molecule has 1 aliphatic carbocycles. The summed E-state index contributed by atoms with van der Waals surface area (Å²) < 4.78 is 2.35. The summed E-state index contributed by atoms with van der Waals surface area (Å²) in [7, 11) is 0. The van der Waals surface area contributed by atoms with Crippen LogP contribution in [-0.4, -0.2) is 28.3 Å². The first kappa shape index (κ1) is 22.6. The molecule has 0 fully saturated rings. The Balaban J connectivity index is 1.60. The van der Waals surface area contributed by atoms with E-state index in [4.69, 9.17) is 0 Å². The van der Waals surface area contributed by atoms with E-state index in [0.717, 1.165) is 18.4 Å². The molecule has 1 aliphatic heterocycles. The van der Waals surface area contributed by atoms with Crippen LogP contribution in [-0.2, 0) is 19.4 Å². The Kier molecular flexibility index (Phi) is 6.57. The van der Waals surface area contributed by atoms with E-state index in [2.05, 4.69) is 77.5 Å². The molecule has 5 rings (SSSR count). The zero-order valence-corrected chi connectivity index (χ0v) is 21.4. The standard InChI is InChI=1S/C27H33N3OS2/c1-18(2)14-15-28-27(31)30-17-22-21-7-4-5-9-24(21)33-26(22)29-16-6-8-23(29)25(30)19-10-12-20(32-3)13-11-19/h6,8,10-13,16,18,25H,4-5,7,9,14-15,17H2,1-3H3,(H,28,31). The highest BCUT2D eigenvalue weighted by molar-refractivity contribution is 7.98. The topological polar surface area (TPSA) is 37.3 Å². The number of benzene rings is 1. The van der Waals surface area contributed by atoms with Gasteiger partial charge >= 0.3 is 6.03 Å². The third kappa shape index (κ3) is 4.35. The van der Waals surface area contributed by atoms with E-state index in [1.165, 1.54) is 50.9 Å². The van der Waals surface area contributed by atoms with E-state index in [9.17, 15) is 4.79 Å². The molecule has 6 heteroatoms.